The van der Waals surface area contributed by atoms with Gasteiger partial charge in [-0.3, -0.25) is 4.79 Å². The van der Waals surface area contributed by atoms with Gasteiger partial charge in [-0.05, 0) is 18.2 Å². The molecule has 0 heterocycles. The van der Waals surface area contributed by atoms with Crippen LogP contribution in [0.2, 0.25) is 5.02 Å². The molecule has 4 nitrogen and oxygen atoms in total. The van der Waals surface area contributed by atoms with Crippen LogP contribution in [0.25, 0.3) is 0 Å². The van der Waals surface area contributed by atoms with E-state index in [2.05, 4.69) is 5.32 Å². The van der Waals surface area contributed by atoms with Crippen LogP contribution in [0.4, 0.5) is 5.69 Å². The van der Waals surface area contributed by atoms with Crippen molar-refractivity contribution in [2.75, 3.05) is 19.0 Å². The van der Waals surface area contributed by atoms with E-state index in [9.17, 15) is 4.79 Å². The molecule has 0 saturated carbocycles. The summed E-state index contributed by atoms with van der Waals surface area (Å²) in [6.07, 6.45) is 0.295. The van der Waals surface area contributed by atoms with Gasteiger partial charge in [-0.25, -0.2) is 0 Å². The normalized spacial score (nSPS) is 9.80. The second-order valence-corrected chi connectivity index (χ2v) is 3.34. The van der Waals surface area contributed by atoms with Gasteiger partial charge in [0.25, 0.3) is 0 Å². The van der Waals surface area contributed by atoms with E-state index in [1.807, 2.05) is 0 Å². The fourth-order valence-electron chi connectivity index (χ4n) is 1.10. The van der Waals surface area contributed by atoms with Gasteiger partial charge in [0.1, 0.15) is 5.75 Å². The van der Waals surface area contributed by atoms with Gasteiger partial charge < -0.3 is 15.8 Å². The van der Waals surface area contributed by atoms with Crippen LogP contribution in [0, 0.1) is 0 Å². The fraction of sp³-hybridized carbons (Fsp3) is 0.300. The standard InChI is InChI=1S/C10H13ClN2O2/c1-15-9-3-2-7(6-8(9)11)13-10(14)4-5-12/h2-3,6H,4-5,12H2,1H3,(H,13,14). The second-order valence-electron chi connectivity index (χ2n) is 2.94. The van der Waals surface area contributed by atoms with Crippen LogP contribution >= 0.6 is 11.6 Å². The van der Waals surface area contributed by atoms with Gasteiger partial charge in [0.15, 0.2) is 0 Å². The van der Waals surface area contributed by atoms with Crippen LogP contribution in [0.15, 0.2) is 18.2 Å². The minimum atomic E-state index is -0.126. The van der Waals surface area contributed by atoms with E-state index in [0.717, 1.165) is 0 Å². The number of hydrogen-bond donors (Lipinski definition) is 2. The summed E-state index contributed by atoms with van der Waals surface area (Å²) in [5, 5.41) is 3.14. The van der Waals surface area contributed by atoms with E-state index in [1.54, 1.807) is 18.2 Å². The first-order valence-corrected chi connectivity index (χ1v) is 4.88. The lowest BCUT2D eigenvalue weighted by Gasteiger charge is -2.07. The summed E-state index contributed by atoms with van der Waals surface area (Å²) in [6, 6.07) is 5.05. The quantitative estimate of drug-likeness (QED) is 0.824. The highest BCUT2D eigenvalue weighted by Gasteiger charge is 2.04. The lowest BCUT2D eigenvalue weighted by molar-refractivity contribution is -0.116. The van der Waals surface area contributed by atoms with E-state index in [4.69, 9.17) is 22.1 Å². The number of amides is 1. The van der Waals surface area contributed by atoms with Gasteiger partial charge in [-0.1, -0.05) is 11.6 Å². The zero-order valence-corrected chi connectivity index (χ0v) is 9.17. The van der Waals surface area contributed by atoms with Gasteiger partial charge >= 0.3 is 0 Å². The van der Waals surface area contributed by atoms with Crippen LogP contribution in [0.1, 0.15) is 6.42 Å². The molecule has 5 heteroatoms. The van der Waals surface area contributed by atoms with Gasteiger partial charge in [-0.2, -0.15) is 0 Å². The first-order chi connectivity index (χ1) is 7.17. The summed E-state index contributed by atoms with van der Waals surface area (Å²) in [6.45, 7) is 0.329. The van der Waals surface area contributed by atoms with Crippen molar-refractivity contribution in [3.05, 3.63) is 23.2 Å². The molecule has 82 valence electrons. The molecule has 0 bridgehead atoms. The number of methoxy groups -OCH3 is 1. The highest BCUT2D eigenvalue weighted by Crippen LogP contribution is 2.27. The van der Waals surface area contributed by atoms with E-state index >= 15 is 0 Å². The monoisotopic (exact) mass is 228 g/mol. The smallest absolute Gasteiger partial charge is 0.225 e. The molecular weight excluding hydrogens is 216 g/mol. The van der Waals surface area contributed by atoms with E-state index in [1.165, 1.54) is 7.11 Å². The number of rotatable bonds is 4. The minimum absolute atomic E-state index is 0.126. The maximum absolute atomic E-state index is 11.2. The van der Waals surface area contributed by atoms with Crippen molar-refractivity contribution in [2.45, 2.75) is 6.42 Å². The topological polar surface area (TPSA) is 64.3 Å². The summed E-state index contributed by atoms with van der Waals surface area (Å²) >= 11 is 5.89. The van der Waals surface area contributed by atoms with Crippen LogP contribution in [-0.2, 0) is 4.79 Å². The number of benzene rings is 1. The zero-order valence-electron chi connectivity index (χ0n) is 8.42. The molecule has 0 aliphatic rings. The van der Waals surface area contributed by atoms with Crippen molar-refractivity contribution < 1.29 is 9.53 Å². The van der Waals surface area contributed by atoms with Crippen LogP contribution in [0.5, 0.6) is 5.75 Å². The maximum atomic E-state index is 11.2. The first-order valence-electron chi connectivity index (χ1n) is 4.51. The Balaban J connectivity index is 2.71. The number of carbonyl (C=O) groups is 1. The number of anilines is 1. The molecule has 15 heavy (non-hydrogen) atoms. The lowest BCUT2D eigenvalue weighted by atomic mass is 10.3. The number of hydrogen-bond acceptors (Lipinski definition) is 3. The largest absolute Gasteiger partial charge is 0.495 e. The molecule has 0 aliphatic carbocycles. The van der Waals surface area contributed by atoms with Crippen molar-refractivity contribution in [3.8, 4) is 5.75 Å². The summed E-state index contributed by atoms with van der Waals surface area (Å²) in [7, 11) is 1.54. The summed E-state index contributed by atoms with van der Waals surface area (Å²) in [5.74, 6) is 0.451. The molecule has 0 fully saturated rings. The van der Waals surface area contributed by atoms with Gasteiger partial charge in [-0.15, -0.1) is 0 Å². The molecule has 0 spiro atoms. The summed E-state index contributed by atoms with van der Waals surface area (Å²) in [4.78, 5) is 11.2. The molecule has 1 aromatic carbocycles. The number of nitrogens with two attached hydrogens (primary N) is 1. The van der Waals surface area contributed by atoms with Crippen LogP contribution in [0.3, 0.4) is 0 Å². The fourth-order valence-corrected chi connectivity index (χ4v) is 1.36. The zero-order chi connectivity index (χ0) is 11.3. The lowest BCUT2D eigenvalue weighted by Crippen LogP contribution is -2.16. The average Bonchev–Trinajstić information content (AvgIpc) is 2.18. The van der Waals surface area contributed by atoms with Crippen LogP contribution in [-0.4, -0.2) is 19.6 Å². The molecule has 0 radical (unpaired) electrons. The molecule has 0 saturated heterocycles. The summed E-state index contributed by atoms with van der Waals surface area (Å²) in [5.41, 5.74) is 5.89. The van der Waals surface area contributed by atoms with Gasteiger partial charge in [0.05, 0.1) is 12.1 Å². The Hall–Kier alpha value is -1.26. The Kier molecular flexibility index (Phi) is 4.39. The Bertz CT molecular complexity index is 355. The predicted octanol–water partition coefficient (Wildman–Crippen LogP) is 1.64. The average molecular weight is 229 g/mol. The molecule has 3 N–H and O–H groups in total. The van der Waals surface area contributed by atoms with Crippen LogP contribution < -0.4 is 15.8 Å². The number of carbonyl (C=O) groups excluding carboxylic acids is 1. The predicted molar refractivity (Wildman–Crippen MR) is 60.3 cm³/mol. The maximum Gasteiger partial charge on any atom is 0.225 e. The highest BCUT2D eigenvalue weighted by molar-refractivity contribution is 6.32. The highest BCUT2D eigenvalue weighted by atomic mass is 35.5. The number of nitrogens with one attached hydrogen (secondary N) is 1. The molecule has 0 atom stereocenters. The number of halogens is 1. The van der Waals surface area contributed by atoms with E-state index < -0.39 is 0 Å². The van der Waals surface area contributed by atoms with Crippen molar-refractivity contribution >= 4 is 23.2 Å². The Morgan fingerprint density at radius 1 is 1.60 bits per heavy atom. The third kappa shape index (κ3) is 3.42. The van der Waals surface area contributed by atoms with E-state index in [-0.39, 0.29) is 5.91 Å². The van der Waals surface area contributed by atoms with Crippen molar-refractivity contribution in [1.29, 1.82) is 0 Å². The molecule has 0 aromatic heterocycles. The second kappa shape index (κ2) is 5.58. The van der Waals surface area contributed by atoms with E-state index in [0.29, 0.717) is 29.4 Å². The molecule has 1 aromatic rings. The van der Waals surface area contributed by atoms with Crippen molar-refractivity contribution in [1.82, 2.24) is 0 Å². The third-order valence-corrected chi connectivity index (χ3v) is 2.10. The Morgan fingerprint density at radius 3 is 2.87 bits per heavy atom. The summed E-state index contributed by atoms with van der Waals surface area (Å²) < 4.78 is 4.99. The molecule has 0 aliphatic heterocycles. The minimum Gasteiger partial charge on any atom is -0.495 e. The van der Waals surface area contributed by atoms with Gasteiger partial charge in [0.2, 0.25) is 5.91 Å². The molecule has 0 unspecified atom stereocenters. The first kappa shape index (κ1) is 11.8. The van der Waals surface area contributed by atoms with Crippen molar-refractivity contribution in [3.63, 3.8) is 0 Å². The van der Waals surface area contributed by atoms with Crippen molar-refractivity contribution in [2.24, 2.45) is 5.73 Å². The SMILES string of the molecule is COc1ccc(NC(=O)CCN)cc1Cl. The Labute approximate surface area is 93.4 Å². The Morgan fingerprint density at radius 2 is 2.33 bits per heavy atom. The molecular formula is C10H13ClN2O2. The van der Waals surface area contributed by atoms with Gasteiger partial charge in [0, 0.05) is 18.7 Å². The molecule has 1 amide bonds. The molecule has 1 rings (SSSR count). The third-order valence-electron chi connectivity index (χ3n) is 1.81. The number of ether oxygens (including phenoxy) is 1.